The average Bonchev–Trinajstić information content (AvgIpc) is 2.83. The van der Waals surface area contributed by atoms with Crippen molar-refractivity contribution in [3.05, 3.63) is 34.5 Å². The molecule has 2 heteroatoms. The van der Waals surface area contributed by atoms with Gasteiger partial charge in [0.05, 0.1) is 0 Å². The molecular formula is C16H18OS. The van der Waals surface area contributed by atoms with E-state index < -0.39 is 0 Å². The van der Waals surface area contributed by atoms with Crippen molar-refractivity contribution in [2.24, 2.45) is 5.41 Å². The zero-order valence-corrected chi connectivity index (χ0v) is 11.3. The molecule has 2 aromatic rings. The normalized spacial score (nSPS) is 18.9. The van der Waals surface area contributed by atoms with Crippen molar-refractivity contribution >= 4 is 28.4 Å². The molecule has 0 N–H and O–H groups in total. The van der Waals surface area contributed by atoms with E-state index in [-0.39, 0.29) is 5.41 Å². The predicted octanol–water partition coefficient (Wildman–Crippen LogP) is 4.59. The van der Waals surface area contributed by atoms with E-state index in [1.165, 1.54) is 41.2 Å². The summed E-state index contributed by atoms with van der Waals surface area (Å²) in [4.78, 5) is 12.9. The first-order valence-electron chi connectivity index (χ1n) is 6.74. The summed E-state index contributed by atoms with van der Waals surface area (Å²) in [6.45, 7) is 0. The van der Waals surface area contributed by atoms with E-state index in [1.54, 1.807) is 0 Å². The van der Waals surface area contributed by atoms with Crippen LogP contribution in [0, 0.1) is 5.41 Å². The van der Waals surface area contributed by atoms with Gasteiger partial charge in [-0.1, -0.05) is 43.5 Å². The van der Waals surface area contributed by atoms with Gasteiger partial charge in [0.1, 0.15) is 6.29 Å². The van der Waals surface area contributed by atoms with Gasteiger partial charge in [-0.2, -0.15) is 0 Å². The molecule has 3 rings (SSSR count). The summed E-state index contributed by atoms with van der Waals surface area (Å²) in [6.07, 6.45) is 8.03. The molecule has 1 saturated carbocycles. The Hall–Kier alpha value is -1.15. The number of thiophene rings is 1. The molecule has 1 fully saturated rings. The van der Waals surface area contributed by atoms with E-state index in [1.807, 2.05) is 11.3 Å². The van der Waals surface area contributed by atoms with Crippen LogP contribution in [0.15, 0.2) is 29.6 Å². The lowest BCUT2D eigenvalue weighted by atomic mass is 9.72. The van der Waals surface area contributed by atoms with Crippen molar-refractivity contribution in [3.8, 4) is 0 Å². The largest absolute Gasteiger partial charge is 0.303 e. The van der Waals surface area contributed by atoms with E-state index in [2.05, 4.69) is 29.6 Å². The van der Waals surface area contributed by atoms with Crippen molar-refractivity contribution in [2.45, 2.75) is 38.5 Å². The van der Waals surface area contributed by atoms with Crippen LogP contribution in [0.4, 0.5) is 0 Å². The topological polar surface area (TPSA) is 17.1 Å². The van der Waals surface area contributed by atoms with Gasteiger partial charge >= 0.3 is 0 Å². The maximum atomic E-state index is 11.5. The Bertz CT molecular complexity index is 549. The van der Waals surface area contributed by atoms with Crippen molar-refractivity contribution in [3.63, 3.8) is 0 Å². The summed E-state index contributed by atoms with van der Waals surface area (Å²) in [6, 6.07) is 8.51. The second-order valence-corrected chi connectivity index (χ2v) is 6.43. The summed E-state index contributed by atoms with van der Waals surface area (Å²) >= 11 is 1.81. The quantitative estimate of drug-likeness (QED) is 0.736. The van der Waals surface area contributed by atoms with E-state index >= 15 is 0 Å². The highest BCUT2D eigenvalue weighted by Crippen LogP contribution is 2.40. The monoisotopic (exact) mass is 258 g/mol. The van der Waals surface area contributed by atoms with Crippen LogP contribution in [0.5, 0.6) is 0 Å². The maximum Gasteiger partial charge on any atom is 0.126 e. The Morgan fingerprint density at radius 1 is 1.17 bits per heavy atom. The van der Waals surface area contributed by atoms with Gasteiger partial charge in [-0.25, -0.2) is 0 Å². The molecule has 0 aliphatic heterocycles. The van der Waals surface area contributed by atoms with Crippen LogP contribution in [0.3, 0.4) is 0 Å². The first-order chi connectivity index (χ1) is 8.83. The number of hydrogen-bond donors (Lipinski definition) is 0. The number of fused-ring (bicyclic) bond motifs is 1. The molecule has 0 atom stereocenters. The zero-order valence-electron chi connectivity index (χ0n) is 10.5. The molecule has 94 valence electrons. The van der Waals surface area contributed by atoms with Crippen LogP contribution in [0.2, 0.25) is 0 Å². The lowest BCUT2D eigenvalue weighted by Crippen LogP contribution is -2.28. The lowest BCUT2D eigenvalue weighted by molar-refractivity contribution is -0.117. The molecule has 0 radical (unpaired) electrons. The summed E-state index contributed by atoms with van der Waals surface area (Å²) in [5.41, 5.74) is -0.0775. The molecule has 1 aromatic heterocycles. The Labute approximate surface area is 112 Å². The van der Waals surface area contributed by atoms with E-state index in [0.29, 0.717) is 0 Å². The molecule has 0 saturated heterocycles. The fourth-order valence-corrected chi connectivity index (χ4v) is 4.26. The third-order valence-corrected chi connectivity index (χ3v) is 5.22. The summed E-state index contributed by atoms with van der Waals surface area (Å²) in [7, 11) is 0. The molecule has 18 heavy (non-hydrogen) atoms. The third kappa shape index (κ3) is 2.10. The third-order valence-electron chi connectivity index (χ3n) is 4.20. The van der Waals surface area contributed by atoms with Gasteiger partial charge in [0.2, 0.25) is 0 Å². The fraction of sp³-hybridized carbons (Fsp3) is 0.438. The molecule has 1 aliphatic carbocycles. The second kappa shape index (κ2) is 4.85. The van der Waals surface area contributed by atoms with Gasteiger partial charge in [0, 0.05) is 10.3 Å². The van der Waals surface area contributed by atoms with Crippen LogP contribution in [-0.4, -0.2) is 6.29 Å². The van der Waals surface area contributed by atoms with Crippen molar-refractivity contribution in [1.29, 1.82) is 0 Å². The van der Waals surface area contributed by atoms with Crippen molar-refractivity contribution < 1.29 is 4.79 Å². The number of carbonyl (C=O) groups is 1. The van der Waals surface area contributed by atoms with Crippen LogP contribution in [0.1, 0.15) is 37.0 Å². The molecule has 1 aliphatic rings. The lowest BCUT2D eigenvalue weighted by Gasteiger charge is -2.31. The minimum atomic E-state index is -0.0775. The van der Waals surface area contributed by atoms with E-state index in [0.717, 1.165) is 19.3 Å². The van der Waals surface area contributed by atoms with Gasteiger partial charge in [-0.05, 0) is 35.4 Å². The number of rotatable bonds is 3. The summed E-state index contributed by atoms with van der Waals surface area (Å²) in [5, 5.41) is 4.87. The van der Waals surface area contributed by atoms with Crippen molar-refractivity contribution in [1.82, 2.24) is 0 Å². The minimum Gasteiger partial charge on any atom is -0.303 e. The van der Waals surface area contributed by atoms with Gasteiger partial charge < -0.3 is 4.79 Å². The summed E-state index contributed by atoms with van der Waals surface area (Å²) in [5.74, 6) is 0. The maximum absolute atomic E-state index is 11.5. The molecule has 1 aromatic carbocycles. The van der Waals surface area contributed by atoms with E-state index in [9.17, 15) is 4.79 Å². The first kappa shape index (κ1) is 11.9. The predicted molar refractivity (Wildman–Crippen MR) is 77.1 cm³/mol. The smallest absolute Gasteiger partial charge is 0.126 e. The van der Waals surface area contributed by atoms with Crippen LogP contribution in [-0.2, 0) is 11.2 Å². The number of hydrogen-bond acceptors (Lipinski definition) is 2. The molecular weight excluding hydrogens is 240 g/mol. The molecule has 0 bridgehead atoms. The molecule has 0 spiro atoms. The fourth-order valence-electron chi connectivity index (χ4n) is 3.10. The highest BCUT2D eigenvalue weighted by atomic mass is 32.1. The standard InChI is InChI=1S/C16H18OS/c17-12-16(8-4-1-5-9-16)10-15-14-7-3-2-6-13(14)11-18-15/h2-3,6-7,11-12H,1,4-5,8-10H2. The Kier molecular flexibility index (Phi) is 3.21. The Morgan fingerprint density at radius 3 is 2.72 bits per heavy atom. The highest BCUT2D eigenvalue weighted by Gasteiger charge is 2.32. The first-order valence-corrected chi connectivity index (χ1v) is 7.62. The average molecular weight is 258 g/mol. The van der Waals surface area contributed by atoms with Gasteiger partial charge in [-0.3, -0.25) is 0 Å². The van der Waals surface area contributed by atoms with Gasteiger partial charge in [0.15, 0.2) is 0 Å². The SMILES string of the molecule is O=CC1(Cc2scc3ccccc23)CCCCC1. The molecule has 1 heterocycles. The number of benzene rings is 1. The number of aldehydes is 1. The van der Waals surface area contributed by atoms with E-state index in [4.69, 9.17) is 0 Å². The van der Waals surface area contributed by atoms with Gasteiger partial charge in [-0.15, -0.1) is 11.3 Å². The highest BCUT2D eigenvalue weighted by molar-refractivity contribution is 7.11. The summed E-state index contributed by atoms with van der Waals surface area (Å²) < 4.78 is 0. The molecule has 0 unspecified atom stereocenters. The zero-order chi connectivity index (χ0) is 12.4. The Balaban J connectivity index is 1.93. The second-order valence-electron chi connectivity index (χ2n) is 5.46. The van der Waals surface area contributed by atoms with Crippen LogP contribution < -0.4 is 0 Å². The van der Waals surface area contributed by atoms with Gasteiger partial charge in [0.25, 0.3) is 0 Å². The molecule has 0 amide bonds. The molecule has 1 nitrogen and oxygen atoms in total. The minimum absolute atomic E-state index is 0.0775. The van der Waals surface area contributed by atoms with Crippen LogP contribution >= 0.6 is 11.3 Å². The van der Waals surface area contributed by atoms with Crippen LogP contribution in [0.25, 0.3) is 10.8 Å². The Morgan fingerprint density at radius 2 is 1.94 bits per heavy atom. The number of carbonyl (C=O) groups excluding carboxylic acids is 1. The van der Waals surface area contributed by atoms with Crippen molar-refractivity contribution in [2.75, 3.05) is 0 Å².